The molecular formula is C26H36N2O7. The molecule has 0 fully saturated rings. The predicted molar refractivity (Wildman–Crippen MR) is 131 cm³/mol. The molecule has 0 saturated heterocycles. The van der Waals surface area contributed by atoms with Crippen LogP contribution in [0.2, 0.25) is 0 Å². The summed E-state index contributed by atoms with van der Waals surface area (Å²) in [7, 11) is 4.68. The molecule has 35 heavy (non-hydrogen) atoms. The second-order valence-electron chi connectivity index (χ2n) is 8.61. The number of carbonyl (C=O) groups is 2. The SMILES string of the molecule is CCO[C@@H]1OC(C(=O)N(C)CC(OC)OC)=C[C@H](c2cn(C(C)=O)c3ccccc23)[C@@H]1CCCO. The van der Waals surface area contributed by atoms with Gasteiger partial charge in [-0.3, -0.25) is 14.2 Å². The molecule has 0 aliphatic carbocycles. The Morgan fingerprint density at radius 2 is 1.94 bits per heavy atom. The monoisotopic (exact) mass is 488 g/mol. The van der Waals surface area contributed by atoms with E-state index in [1.54, 1.807) is 11.6 Å². The summed E-state index contributed by atoms with van der Waals surface area (Å²) >= 11 is 0. The van der Waals surface area contributed by atoms with Gasteiger partial charge in [-0.25, -0.2) is 0 Å². The maximum absolute atomic E-state index is 13.4. The number of allylic oxidation sites excluding steroid dienone is 1. The van der Waals surface area contributed by atoms with E-state index < -0.39 is 12.6 Å². The van der Waals surface area contributed by atoms with E-state index in [0.717, 1.165) is 16.5 Å². The van der Waals surface area contributed by atoms with Gasteiger partial charge in [-0.05, 0) is 37.5 Å². The number of fused-ring (bicyclic) bond motifs is 1. The van der Waals surface area contributed by atoms with Crippen molar-refractivity contribution in [3.8, 4) is 0 Å². The first-order valence-electron chi connectivity index (χ1n) is 11.9. The van der Waals surface area contributed by atoms with E-state index in [0.29, 0.717) is 19.4 Å². The Balaban J connectivity index is 2.09. The molecule has 1 amide bonds. The Kier molecular flexibility index (Phi) is 9.45. The number of aromatic nitrogens is 1. The van der Waals surface area contributed by atoms with Gasteiger partial charge in [-0.15, -0.1) is 0 Å². The molecule has 0 saturated carbocycles. The predicted octanol–water partition coefficient (Wildman–Crippen LogP) is 3.13. The van der Waals surface area contributed by atoms with Crippen molar-refractivity contribution in [2.45, 2.75) is 45.2 Å². The number of aliphatic hydroxyl groups is 1. The van der Waals surface area contributed by atoms with E-state index in [-0.39, 0.29) is 42.6 Å². The fraction of sp³-hybridized carbons (Fsp3) is 0.538. The minimum atomic E-state index is -0.686. The minimum Gasteiger partial charge on any atom is -0.459 e. The van der Waals surface area contributed by atoms with Crippen molar-refractivity contribution in [3.05, 3.63) is 47.9 Å². The third kappa shape index (κ3) is 5.92. The standard InChI is InChI=1S/C26H36N2O7/c1-6-34-26-19(11-9-13-29)20(14-23(35-26)25(31)27(3)16-24(32-4)33-5)21-15-28(17(2)30)22-12-8-7-10-18(21)22/h7-8,10,12,14-15,19-20,24,26,29H,6,9,11,13,16H2,1-5H3/t19-,20-,26+/m0/s1. The van der Waals surface area contributed by atoms with Gasteiger partial charge in [-0.1, -0.05) is 18.2 Å². The summed E-state index contributed by atoms with van der Waals surface area (Å²) in [4.78, 5) is 27.2. The van der Waals surface area contributed by atoms with Crippen LogP contribution < -0.4 is 0 Å². The average molecular weight is 489 g/mol. The van der Waals surface area contributed by atoms with Gasteiger partial charge in [-0.2, -0.15) is 0 Å². The average Bonchev–Trinajstić information content (AvgIpc) is 3.25. The molecule has 2 heterocycles. The molecule has 0 unspecified atom stereocenters. The highest BCUT2D eigenvalue weighted by molar-refractivity contribution is 5.95. The second kappa shape index (κ2) is 12.3. The lowest BCUT2D eigenvalue weighted by molar-refractivity contribution is -0.172. The summed E-state index contributed by atoms with van der Waals surface area (Å²) in [5.74, 6) is -0.694. The number of hydrogen-bond acceptors (Lipinski definition) is 7. The van der Waals surface area contributed by atoms with Crippen molar-refractivity contribution in [2.75, 3.05) is 41.0 Å². The Bertz CT molecular complexity index is 1040. The van der Waals surface area contributed by atoms with Gasteiger partial charge in [0.2, 0.25) is 12.2 Å². The van der Waals surface area contributed by atoms with Crippen molar-refractivity contribution >= 4 is 22.7 Å². The van der Waals surface area contributed by atoms with Gasteiger partial charge >= 0.3 is 0 Å². The smallest absolute Gasteiger partial charge is 0.288 e. The van der Waals surface area contributed by atoms with E-state index in [9.17, 15) is 14.7 Å². The number of para-hydroxylation sites is 1. The quantitative estimate of drug-likeness (QED) is 0.485. The first kappa shape index (κ1) is 26.9. The molecule has 192 valence electrons. The zero-order valence-corrected chi connectivity index (χ0v) is 21.1. The molecule has 1 aliphatic rings. The van der Waals surface area contributed by atoms with Gasteiger partial charge in [0.25, 0.3) is 5.91 Å². The maximum Gasteiger partial charge on any atom is 0.288 e. The maximum atomic E-state index is 13.4. The zero-order chi connectivity index (χ0) is 25.5. The summed E-state index contributed by atoms with van der Waals surface area (Å²) in [6.07, 6.45) is 3.57. The van der Waals surface area contributed by atoms with E-state index >= 15 is 0 Å². The number of carbonyl (C=O) groups excluding carboxylic acids is 2. The molecule has 0 bridgehead atoms. The first-order chi connectivity index (χ1) is 16.9. The van der Waals surface area contributed by atoms with Crippen molar-refractivity contribution in [1.29, 1.82) is 0 Å². The molecule has 9 nitrogen and oxygen atoms in total. The van der Waals surface area contributed by atoms with Gasteiger partial charge in [0.1, 0.15) is 0 Å². The van der Waals surface area contributed by atoms with Crippen LogP contribution in [0, 0.1) is 5.92 Å². The molecule has 1 aromatic heterocycles. The number of benzene rings is 1. The molecule has 1 aromatic carbocycles. The number of methoxy groups -OCH3 is 2. The van der Waals surface area contributed by atoms with E-state index in [2.05, 4.69) is 0 Å². The largest absolute Gasteiger partial charge is 0.459 e. The van der Waals surface area contributed by atoms with Gasteiger partial charge in [0.05, 0.1) is 12.1 Å². The molecule has 0 spiro atoms. The molecule has 2 aromatic rings. The van der Waals surface area contributed by atoms with Gasteiger partial charge < -0.3 is 29.0 Å². The topological polar surface area (TPSA) is 99.5 Å². The van der Waals surface area contributed by atoms with Crippen LogP contribution in [0.15, 0.2) is 42.3 Å². The number of aliphatic hydroxyl groups excluding tert-OH is 1. The molecule has 3 rings (SSSR count). The normalized spacial score (nSPS) is 20.1. The Hall–Kier alpha value is -2.72. The van der Waals surface area contributed by atoms with Crippen molar-refractivity contribution in [1.82, 2.24) is 9.47 Å². The fourth-order valence-electron chi connectivity index (χ4n) is 4.59. The summed E-state index contributed by atoms with van der Waals surface area (Å²) in [6, 6.07) is 7.70. The van der Waals surface area contributed by atoms with Crippen molar-refractivity contribution < 1.29 is 33.6 Å². The van der Waals surface area contributed by atoms with Crippen LogP contribution in [0.25, 0.3) is 10.9 Å². The zero-order valence-electron chi connectivity index (χ0n) is 21.1. The highest BCUT2D eigenvalue weighted by atomic mass is 16.7. The Morgan fingerprint density at radius 3 is 2.57 bits per heavy atom. The molecular weight excluding hydrogens is 452 g/mol. The van der Waals surface area contributed by atoms with Crippen LogP contribution >= 0.6 is 0 Å². The number of likely N-dealkylation sites (N-methyl/N-ethyl adjacent to an activating group) is 1. The minimum absolute atomic E-state index is 0.0327. The van der Waals surface area contributed by atoms with Crippen LogP contribution in [-0.4, -0.2) is 80.0 Å². The van der Waals surface area contributed by atoms with Crippen LogP contribution in [0.4, 0.5) is 0 Å². The van der Waals surface area contributed by atoms with E-state index in [4.69, 9.17) is 18.9 Å². The summed E-state index contributed by atoms with van der Waals surface area (Å²) in [5, 5.41) is 10.5. The number of amides is 1. The third-order valence-electron chi connectivity index (χ3n) is 6.36. The Morgan fingerprint density at radius 1 is 1.23 bits per heavy atom. The summed E-state index contributed by atoms with van der Waals surface area (Å²) < 4.78 is 24.1. The van der Waals surface area contributed by atoms with Crippen LogP contribution in [-0.2, 0) is 23.7 Å². The number of hydrogen-bond donors (Lipinski definition) is 1. The second-order valence-corrected chi connectivity index (χ2v) is 8.61. The van der Waals surface area contributed by atoms with Crippen LogP contribution in [0.5, 0.6) is 0 Å². The van der Waals surface area contributed by atoms with Crippen molar-refractivity contribution in [2.24, 2.45) is 5.92 Å². The number of nitrogens with zero attached hydrogens (tertiary/aromatic N) is 2. The lowest BCUT2D eigenvalue weighted by Gasteiger charge is -2.37. The molecule has 3 atom stereocenters. The highest BCUT2D eigenvalue weighted by Crippen LogP contribution is 2.42. The Labute approximate surface area is 206 Å². The molecule has 1 aliphatic heterocycles. The lowest BCUT2D eigenvalue weighted by Crippen LogP contribution is -2.41. The summed E-state index contributed by atoms with van der Waals surface area (Å²) in [5.41, 5.74) is 1.71. The highest BCUT2D eigenvalue weighted by Gasteiger charge is 2.39. The third-order valence-corrected chi connectivity index (χ3v) is 6.36. The summed E-state index contributed by atoms with van der Waals surface area (Å²) in [6.45, 7) is 4.04. The van der Waals surface area contributed by atoms with Crippen molar-refractivity contribution in [3.63, 3.8) is 0 Å². The fourth-order valence-corrected chi connectivity index (χ4v) is 4.59. The molecule has 9 heteroatoms. The first-order valence-corrected chi connectivity index (χ1v) is 11.9. The van der Waals surface area contributed by atoms with E-state index in [1.807, 2.05) is 43.5 Å². The van der Waals surface area contributed by atoms with Crippen LogP contribution in [0.1, 0.15) is 43.0 Å². The van der Waals surface area contributed by atoms with Gasteiger partial charge in [0, 0.05) is 64.8 Å². The number of rotatable bonds is 11. The van der Waals surface area contributed by atoms with Gasteiger partial charge in [0.15, 0.2) is 12.0 Å². The molecule has 0 radical (unpaired) electrons. The lowest BCUT2D eigenvalue weighted by atomic mass is 9.80. The number of ether oxygens (including phenoxy) is 4. The van der Waals surface area contributed by atoms with E-state index in [1.165, 1.54) is 26.0 Å². The van der Waals surface area contributed by atoms with Crippen LogP contribution in [0.3, 0.4) is 0 Å². The molecule has 1 N–H and O–H groups in total.